The van der Waals surface area contributed by atoms with Gasteiger partial charge in [-0.05, 0) is 25.7 Å². The molecule has 358 valence electrons. The number of rotatable bonds is 46. The zero-order chi connectivity index (χ0) is 42.1. The number of hydrogen-bond acceptors (Lipinski definition) is 4. The highest BCUT2D eigenvalue weighted by Gasteiger charge is 2.28. The summed E-state index contributed by atoms with van der Waals surface area (Å²) in [6.07, 6.45) is 43.6. The van der Waals surface area contributed by atoms with Crippen molar-refractivity contribution in [3.05, 3.63) is 35.4 Å². The van der Waals surface area contributed by atoms with E-state index in [9.17, 15) is 20.4 Å². The van der Waals surface area contributed by atoms with Crippen LogP contribution in [0.2, 0.25) is 0 Å². The summed E-state index contributed by atoms with van der Waals surface area (Å²) in [4.78, 5) is 0. The molecule has 0 bridgehead atoms. The van der Waals surface area contributed by atoms with Crippen LogP contribution in [-0.4, -0.2) is 95.1 Å². The second kappa shape index (κ2) is 45.1. The predicted molar refractivity (Wildman–Crippen MR) is 251 cm³/mol. The van der Waals surface area contributed by atoms with Crippen molar-refractivity contribution < 1.29 is 54.2 Å². The summed E-state index contributed by atoms with van der Waals surface area (Å²) in [5.74, 6) is 0. The summed E-state index contributed by atoms with van der Waals surface area (Å²) in [6.45, 7) is 11.5. The van der Waals surface area contributed by atoms with Crippen LogP contribution >= 0.6 is 0 Å². The first-order valence-electron chi connectivity index (χ1n) is 25.7. The minimum atomic E-state index is 0. The summed E-state index contributed by atoms with van der Waals surface area (Å²) in [5.41, 5.74) is 2.50. The van der Waals surface area contributed by atoms with Gasteiger partial charge in [0.05, 0.1) is 39.5 Å². The zero-order valence-corrected chi connectivity index (χ0v) is 41.4. The third kappa shape index (κ3) is 34.0. The van der Waals surface area contributed by atoms with E-state index in [1.165, 1.54) is 204 Å². The second-order valence-electron chi connectivity index (χ2n) is 18.7. The Balaban J connectivity index is 0. The van der Waals surface area contributed by atoms with Crippen molar-refractivity contribution in [1.82, 2.24) is 0 Å². The molecule has 0 aromatic heterocycles. The first kappa shape index (κ1) is 61.6. The molecule has 0 amide bonds. The van der Waals surface area contributed by atoms with Crippen molar-refractivity contribution in [1.29, 1.82) is 0 Å². The van der Waals surface area contributed by atoms with Crippen molar-refractivity contribution >= 4 is 0 Å². The second-order valence-corrected chi connectivity index (χ2v) is 18.7. The third-order valence-corrected chi connectivity index (χ3v) is 13.3. The van der Waals surface area contributed by atoms with E-state index in [2.05, 4.69) is 38.1 Å². The highest BCUT2D eigenvalue weighted by Crippen LogP contribution is 2.22. The molecule has 0 aliphatic heterocycles. The van der Waals surface area contributed by atoms with Crippen molar-refractivity contribution in [3.63, 3.8) is 0 Å². The first-order chi connectivity index (χ1) is 28.5. The summed E-state index contributed by atoms with van der Waals surface area (Å²) in [6, 6.07) is 8.97. The number of nitrogens with zero attached hydrogens (tertiary/aromatic N) is 2. The molecule has 0 atom stereocenters. The Morgan fingerprint density at radius 3 is 0.650 bits per heavy atom. The molecular formula is C52H102Cl2N2O4. The molecule has 0 unspecified atom stereocenters. The number of quaternary nitrogens is 2. The Morgan fingerprint density at radius 2 is 0.467 bits per heavy atom. The maximum absolute atomic E-state index is 10.1. The maximum Gasteiger partial charge on any atom is 0.104 e. The van der Waals surface area contributed by atoms with Gasteiger partial charge in [0, 0.05) is 11.1 Å². The van der Waals surface area contributed by atoms with Gasteiger partial charge in [-0.25, -0.2) is 0 Å². The van der Waals surface area contributed by atoms with Crippen LogP contribution in [0.5, 0.6) is 0 Å². The van der Waals surface area contributed by atoms with Crippen LogP contribution < -0.4 is 24.8 Å². The highest BCUT2D eigenvalue weighted by molar-refractivity contribution is 5.21. The fraction of sp³-hybridized carbons (Fsp3) is 0.885. The number of aliphatic hydroxyl groups is 4. The van der Waals surface area contributed by atoms with E-state index in [1.807, 2.05) is 0 Å². The number of halogens is 2. The number of benzene rings is 1. The molecule has 60 heavy (non-hydrogen) atoms. The van der Waals surface area contributed by atoms with Crippen molar-refractivity contribution in [2.75, 3.05) is 65.7 Å². The normalized spacial score (nSPS) is 11.8. The molecule has 8 heteroatoms. The molecule has 0 spiro atoms. The molecular weight excluding hydrogens is 787 g/mol. The van der Waals surface area contributed by atoms with Crippen LogP contribution in [0, 0.1) is 0 Å². The Hall–Kier alpha value is -0.440. The van der Waals surface area contributed by atoms with Gasteiger partial charge >= 0.3 is 0 Å². The van der Waals surface area contributed by atoms with Gasteiger partial charge in [-0.3, -0.25) is 0 Å². The van der Waals surface area contributed by atoms with Crippen LogP contribution in [0.25, 0.3) is 0 Å². The van der Waals surface area contributed by atoms with Crippen molar-refractivity contribution in [2.45, 2.75) is 232 Å². The first-order valence-corrected chi connectivity index (χ1v) is 25.7. The third-order valence-electron chi connectivity index (χ3n) is 13.3. The predicted octanol–water partition coefficient (Wildman–Crippen LogP) is 6.82. The minimum absolute atomic E-state index is 0. The van der Waals surface area contributed by atoms with Crippen LogP contribution in [0.4, 0.5) is 0 Å². The zero-order valence-electron chi connectivity index (χ0n) is 39.9. The number of unbranched alkanes of at least 4 members (excludes halogenated alkanes) is 30. The number of hydrogen-bond donors (Lipinski definition) is 4. The largest absolute Gasteiger partial charge is 1.00 e. The van der Waals surface area contributed by atoms with Gasteiger partial charge in [0.2, 0.25) is 0 Å². The average Bonchev–Trinajstić information content (AvgIpc) is 3.21. The van der Waals surface area contributed by atoms with E-state index in [4.69, 9.17) is 0 Å². The van der Waals surface area contributed by atoms with E-state index >= 15 is 0 Å². The van der Waals surface area contributed by atoms with Gasteiger partial charge in [-0.15, -0.1) is 0 Å². The summed E-state index contributed by atoms with van der Waals surface area (Å²) in [7, 11) is 0. The standard InChI is InChI=1S/C52H102N2O4.2ClH/c1-3-5-7-9-11-13-15-17-19-21-23-25-27-29-31-33-39-53(41-45-55,42-46-56)49-51-35-37-52(38-36-51)50-54(43-47-57,44-48-58)40-34-32-30-28-26-24-22-20-18-16-14-12-10-8-6-4-2;;/h35-38,55-58H,3-34,39-50H2,1-2H3;2*1H/q+2;;/p-2. The molecule has 1 aromatic carbocycles. The highest BCUT2D eigenvalue weighted by atomic mass is 35.5. The van der Waals surface area contributed by atoms with E-state index in [1.54, 1.807) is 0 Å². The quantitative estimate of drug-likeness (QED) is 0.0429. The summed E-state index contributed by atoms with van der Waals surface area (Å²) >= 11 is 0. The average molecular weight is 890 g/mol. The minimum Gasteiger partial charge on any atom is -1.00 e. The van der Waals surface area contributed by atoms with Gasteiger partial charge in [0.25, 0.3) is 0 Å². The lowest BCUT2D eigenvalue weighted by Gasteiger charge is -2.39. The molecule has 0 aliphatic rings. The van der Waals surface area contributed by atoms with E-state index in [0.29, 0.717) is 26.2 Å². The summed E-state index contributed by atoms with van der Waals surface area (Å²) < 4.78 is 1.47. The molecule has 1 aromatic rings. The van der Waals surface area contributed by atoms with Crippen molar-refractivity contribution in [3.8, 4) is 0 Å². The van der Waals surface area contributed by atoms with Crippen molar-refractivity contribution in [2.24, 2.45) is 0 Å². The smallest absolute Gasteiger partial charge is 0.104 e. The van der Waals surface area contributed by atoms with E-state index < -0.39 is 0 Å². The van der Waals surface area contributed by atoms with Gasteiger partial charge in [-0.1, -0.05) is 218 Å². The van der Waals surface area contributed by atoms with Crippen LogP contribution in [0.3, 0.4) is 0 Å². The monoisotopic (exact) mass is 889 g/mol. The molecule has 0 fully saturated rings. The van der Waals surface area contributed by atoms with Gasteiger partial charge in [0.1, 0.15) is 39.3 Å². The van der Waals surface area contributed by atoms with Gasteiger partial charge in [-0.2, -0.15) is 0 Å². The van der Waals surface area contributed by atoms with Crippen LogP contribution in [0.15, 0.2) is 24.3 Å². The Labute approximate surface area is 386 Å². The molecule has 0 aliphatic carbocycles. The Kier molecular flexibility index (Phi) is 46.4. The molecule has 4 N–H and O–H groups in total. The fourth-order valence-corrected chi connectivity index (χ4v) is 9.51. The SMILES string of the molecule is CCCCCCCCCCCCCCCCCC[N+](CCO)(CCO)Cc1ccc(C[N+](CCO)(CCO)CCCCCCCCCCCCCCCCCC)cc1.[Cl-].[Cl-]. The van der Waals surface area contributed by atoms with Gasteiger partial charge in [0.15, 0.2) is 0 Å². The molecule has 6 nitrogen and oxygen atoms in total. The van der Waals surface area contributed by atoms with Gasteiger partial charge < -0.3 is 54.2 Å². The topological polar surface area (TPSA) is 80.9 Å². The fourth-order valence-electron chi connectivity index (χ4n) is 9.51. The Bertz CT molecular complexity index is 896. The van der Waals surface area contributed by atoms with Crippen LogP contribution in [-0.2, 0) is 13.1 Å². The summed E-state index contributed by atoms with van der Waals surface area (Å²) in [5, 5.41) is 40.3. The molecule has 0 saturated heterocycles. The Morgan fingerprint density at radius 1 is 0.283 bits per heavy atom. The molecule has 0 saturated carbocycles. The lowest BCUT2D eigenvalue weighted by atomic mass is 10.0. The van der Waals surface area contributed by atoms with E-state index in [0.717, 1.165) is 48.0 Å². The maximum atomic E-state index is 10.1. The lowest BCUT2D eigenvalue weighted by Crippen LogP contribution is -3.00. The number of aliphatic hydroxyl groups excluding tert-OH is 4. The van der Waals surface area contributed by atoms with E-state index in [-0.39, 0.29) is 51.2 Å². The molecule has 1 rings (SSSR count). The lowest BCUT2D eigenvalue weighted by molar-refractivity contribution is -0.941. The van der Waals surface area contributed by atoms with Crippen LogP contribution in [0.1, 0.15) is 230 Å². The molecule has 0 radical (unpaired) electrons. The molecule has 0 heterocycles.